The molecule has 2 aromatic heterocycles. The van der Waals surface area contributed by atoms with Gasteiger partial charge in [0.1, 0.15) is 16.7 Å². The van der Waals surface area contributed by atoms with E-state index in [1.54, 1.807) is 12.3 Å². The van der Waals surface area contributed by atoms with Gasteiger partial charge in [-0.1, -0.05) is 12.1 Å². The maximum absolute atomic E-state index is 11.4. The summed E-state index contributed by atoms with van der Waals surface area (Å²) in [7, 11) is 0. The third kappa shape index (κ3) is 3.62. The van der Waals surface area contributed by atoms with Gasteiger partial charge >= 0.3 is 5.97 Å². The first-order chi connectivity index (χ1) is 13.7. The second-order valence-electron chi connectivity index (χ2n) is 6.74. The molecule has 4 rings (SSSR count). The van der Waals surface area contributed by atoms with Gasteiger partial charge in [-0.3, -0.25) is 4.98 Å². The minimum Gasteiger partial charge on any atom is -0.493 e. The third-order valence-electron chi connectivity index (χ3n) is 5.07. The number of aromatic nitrogens is 1. The molecule has 140 valence electrons. The number of thiophene rings is 1. The minimum absolute atomic E-state index is 0.317. The first-order valence-corrected chi connectivity index (χ1v) is 9.90. The zero-order valence-corrected chi connectivity index (χ0v) is 15.9. The first kappa shape index (κ1) is 18.2. The van der Waals surface area contributed by atoms with Crippen molar-refractivity contribution in [3.63, 3.8) is 0 Å². The van der Waals surface area contributed by atoms with Crippen molar-refractivity contribution in [2.45, 2.75) is 25.2 Å². The van der Waals surface area contributed by atoms with E-state index in [0.29, 0.717) is 29.4 Å². The molecule has 28 heavy (non-hydrogen) atoms. The van der Waals surface area contributed by atoms with Crippen LogP contribution in [0, 0.1) is 11.3 Å². The van der Waals surface area contributed by atoms with E-state index in [1.807, 2.05) is 18.2 Å². The first-order valence-electron chi connectivity index (χ1n) is 9.09. The number of benzene rings is 1. The van der Waals surface area contributed by atoms with Crippen LogP contribution in [0.25, 0.3) is 10.4 Å². The Labute approximate surface area is 166 Å². The average molecular weight is 390 g/mol. The molecular weight excluding hydrogens is 372 g/mol. The zero-order chi connectivity index (χ0) is 19.5. The number of nitriles is 1. The van der Waals surface area contributed by atoms with Gasteiger partial charge in [-0.25, -0.2) is 4.79 Å². The number of rotatable bonds is 5. The van der Waals surface area contributed by atoms with Gasteiger partial charge in [0.05, 0.1) is 12.2 Å². The molecule has 3 heterocycles. The summed E-state index contributed by atoms with van der Waals surface area (Å²) >= 11 is 1.47. The van der Waals surface area contributed by atoms with E-state index in [9.17, 15) is 9.90 Å². The van der Waals surface area contributed by atoms with Crippen molar-refractivity contribution in [2.24, 2.45) is 0 Å². The molecule has 0 bridgehead atoms. The van der Waals surface area contributed by atoms with Crippen LogP contribution in [-0.4, -0.2) is 22.7 Å². The molecule has 1 N–H and O–H groups in total. The van der Waals surface area contributed by atoms with Gasteiger partial charge in [0.25, 0.3) is 0 Å². The Balaban J connectivity index is 1.55. The molecule has 0 spiro atoms. The summed E-state index contributed by atoms with van der Waals surface area (Å²) in [4.78, 5) is 17.2. The zero-order valence-electron chi connectivity index (χ0n) is 15.1. The number of fused-ring (bicyclic) bond motifs is 1. The van der Waals surface area contributed by atoms with Crippen molar-refractivity contribution in [2.75, 3.05) is 6.61 Å². The number of carboxylic acids is 1. The van der Waals surface area contributed by atoms with E-state index in [-0.39, 0.29) is 0 Å². The van der Waals surface area contributed by atoms with E-state index < -0.39 is 5.97 Å². The smallest absolute Gasteiger partial charge is 0.336 e. The number of aromatic carboxylic acids is 1. The standard InChI is InChI=1S/C22H18N2O3S/c23-12-17-4-6-21(28-17)15-3-5-18-14(8-10-27-20(18)11-15)1-2-16-13-24-9-7-19(16)22(25)26/h3-7,9,11,13-14H,1-2,8,10H2,(H,25,26)/t14-/m0/s1. The van der Waals surface area contributed by atoms with Crippen LogP contribution in [0.2, 0.25) is 0 Å². The topological polar surface area (TPSA) is 83.2 Å². The Morgan fingerprint density at radius 2 is 2.21 bits per heavy atom. The van der Waals surface area contributed by atoms with Crippen LogP contribution < -0.4 is 4.74 Å². The van der Waals surface area contributed by atoms with Crippen molar-refractivity contribution in [1.29, 1.82) is 5.26 Å². The minimum atomic E-state index is -0.915. The molecule has 1 atom stereocenters. The van der Waals surface area contributed by atoms with Crippen LogP contribution in [0.5, 0.6) is 5.75 Å². The second-order valence-corrected chi connectivity index (χ2v) is 7.82. The fourth-order valence-corrected chi connectivity index (χ4v) is 4.43. The number of nitrogens with zero attached hydrogens (tertiary/aromatic N) is 2. The number of carboxylic acid groups (broad SMARTS) is 1. The summed E-state index contributed by atoms with van der Waals surface area (Å²) in [5, 5.41) is 18.4. The maximum Gasteiger partial charge on any atom is 0.336 e. The summed E-state index contributed by atoms with van der Waals surface area (Å²) in [5.74, 6) is 0.282. The molecule has 0 amide bonds. The van der Waals surface area contributed by atoms with Crippen LogP contribution in [0.15, 0.2) is 48.8 Å². The van der Waals surface area contributed by atoms with Crippen LogP contribution in [0.3, 0.4) is 0 Å². The van der Waals surface area contributed by atoms with E-state index in [4.69, 9.17) is 10.00 Å². The molecular formula is C22H18N2O3S. The fraction of sp³-hybridized carbons (Fsp3) is 0.227. The Bertz CT molecular complexity index is 1070. The second kappa shape index (κ2) is 7.83. The molecule has 0 fully saturated rings. The van der Waals surface area contributed by atoms with E-state index >= 15 is 0 Å². The largest absolute Gasteiger partial charge is 0.493 e. The number of carbonyl (C=O) groups is 1. The number of ether oxygens (including phenoxy) is 1. The van der Waals surface area contributed by atoms with Crippen molar-refractivity contribution in [3.05, 3.63) is 70.4 Å². The third-order valence-corrected chi connectivity index (χ3v) is 6.11. The number of pyridine rings is 1. The van der Waals surface area contributed by atoms with Gasteiger partial charge < -0.3 is 9.84 Å². The molecule has 0 saturated heterocycles. The average Bonchev–Trinajstić information content (AvgIpc) is 3.21. The Morgan fingerprint density at radius 1 is 1.32 bits per heavy atom. The molecule has 0 aliphatic carbocycles. The Morgan fingerprint density at radius 3 is 3.00 bits per heavy atom. The fourth-order valence-electron chi connectivity index (χ4n) is 3.63. The van der Waals surface area contributed by atoms with Crippen LogP contribution >= 0.6 is 11.3 Å². The summed E-state index contributed by atoms with van der Waals surface area (Å²) < 4.78 is 5.90. The molecule has 0 saturated carbocycles. The number of hydrogen-bond acceptors (Lipinski definition) is 5. The Kier molecular flexibility index (Phi) is 5.09. The highest BCUT2D eigenvalue weighted by Crippen LogP contribution is 2.40. The van der Waals surface area contributed by atoms with Crippen LogP contribution in [-0.2, 0) is 6.42 Å². The molecule has 1 aromatic carbocycles. The molecule has 6 heteroatoms. The van der Waals surface area contributed by atoms with E-state index in [1.165, 1.54) is 17.5 Å². The summed E-state index contributed by atoms with van der Waals surface area (Å²) in [6.45, 7) is 0.647. The predicted octanol–water partition coefficient (Wildman–Crippen LogP) is 4.88. The monoisotopic (exact) mass is 390 g/mol. The molecule has 1 aliphatic rings. The highest BCUT2D eigenvalue weighted by molar-refractivity contribution is 7.16. The molecule has 1 aliphatic heterocycles. The van der Waals surface area contributed by atoms with Gasteiger partial charge in [0.15, 0.2) is 0 Å². The molecule has 0 radical (unpaired) electrons. The number of hydrogen-bond donors (Lipinski definition) is 1. The van der Waals surface area contributed by atoms with Gasteiger partial charge in [-0.15, -0.1) is 11.3 Å². The number of aryl methyl sites for hydroxylation is 1. The lowest BCUT2D eigenvalue weighted by Crippen LogP contribution is -2.15. The normalized spacial score (nSPS) is 15.3. The highest BCUT2D eigenvalue weighted by atomic mass is 32.1. The molecule has 3 aromatic rings. The summed E-state index contributed by atoms with van der Waals surface area (Å²) in [6, 6.07) is 13.7. The van der Waals surface area contributed by atoms with Crippen molar-refractivity contribution in [1.82, 2.24) is 4.98 Å². The molecule has 0 unspecified atom stereocenters. The van der Waals surface area contributed by atoms with Gasteiger partial charge in [-0.05, 0) is 66.1 Å². The van der Waals surface area contributed by atoms with Gasteiger partial charge in [0.2, 0.25) is 0 Å². The van der Waals surface area contributed by atoms with Crippen LogP contribution in [0.1, 0.15) is 45.1 Å². The van der Waals surface area contributed by atoms with Gasteiger partial charge in [-0.2, -0.15) is 5.26 Å². The Hall–Kier alpha value is -3.17. The molecule has 5 nitrogen and oxygen atoms in total. The van der Waals surface area contributed by atoms with Crippen molar-refractivity contribution in [3.8, 4) is 22.3 Å². The summed E-state index contributed by atoms with van der Waals surface area (Å²) in [5.41, 5.74) is 3.30. The summed E-state index contributed by atoms with van der Waals surface area (Å²) in [6.07, 6.45) is 5.58. The SMILES string of the molecule is N#Cc1ccc(-c2ccc3c(c2)OCC[C@@H]3CCc2cnccc2C(=O)O)s1. The van der Waals surface area contributed by atoms with Crippen molar-refractivity contribution >= 4 is 17.3 Å². The van der Waals surface area contributed by atoms with Crippen molar-refractivity contribution < 1.29 is 14.6 Å². The van der Waals surface area contributed by atoms with Crippen LogP contribution in [0.4, 0.5) is 0 Å². The lowest BCUT2D eigenvalue weighted by Gasteiger charge is -2.26. The van der Waals surface area contributed by atoms with Gasteiger partial charge in [0, 0.05) is 17.3 Å². The predicted molar refractivity (Wildman–Crippen MR) is 107 cm³/mol. The van der Waals surface area contributed by atoms with E-state index in [2.05, 4.69) is 23.2 Å². The maximum atomic E-state index is 11.4. The quantitative estimate of drug-likeness (QED) is 0.671. The lowest BCUT2D eigenvalue weighted by atomic mass is 9.87. The van der Waals surface area contributed by atoms with E-state index in [0.717, 1.165) is 40.2 Å². The highest BCUT2D eigenvalue weighted by Gasteiger charge is 2.23. The lowest BCUT2D eigenvalue weighted by molar-refractivity contribution is 0.0695.